The van der Waals surface area contributed by atoms with E-state index in [1.54, 1.807) is 11.1 Å². The van der Waals surface area contributed by atoms with Crippen LogP contribution < -0.4 is 0 Å². The van der Waals surface area contributed by atoms with Gasteiger partial charge in [0, 0.05) is 0 Å². The Morgan fingerprint density at radius 2 is 1.96 bits per heavy atom. The molecule has 0 aliphatic heterocycles. The number of hydrogen-bond acceptors (Lipinski definition) is 1. The SMILES string of the molecule is C=CC=C(C)[C@H]1CCC2C3CC=C4C[C@@H](O)CC[C@]4(C)C3CC[C@@]21C. The van der Waals surface area contributed by atoms with Gasteiger partial charge in [0.2, 0.25) is 0 Å². The van der Waals surface area contributed by atoms with Crippen molar-refractivity contribution in [1.29, 1.82) is 0 Å². The Balaban J connectivity index is 1.64. The highest BCUT2D eigenvalue weighted by Gasteiger charge is 2.58. The predicted octanol–water partition coefficient (Wildman–Crippen LogP) is 6.06. The van der Waals surface area contributed by atoms with E-state index in [-0.39, 0.29) is 6.10 Å². The van der Waals surface area contributed by atoms with Gasteiger partial charge in [0.15, 0.2) is 0 Å². The second kappa shape index (κ2) is 6.12. The number of hydrogen-bond donors (Lipinski definition) is 1. The lowest BCUT2D eigenvalue weighted by Crippen LogP contribution is -2.50. The molecular weight excluding hydrogens is 304 g/mol. The van der Waals surface area contributed by atoms with Crippen LogP contribution in [-0.4, -0.2) is 11.2 Å². The van der Waals surface area contributed by atoms with Gasteiger partial charge in [-0.2, -0.15) is 0 Å². The van der Waals surface area contributed by atoms with Crippen LogP contribution in [0, 0.1) is 34.5 Å². The summed E-state index contributed by atoms with van der Waals surface area (Å²) < 4.78 is 0. The molecule has 0 aromatic heterocycles. The first-order valence-corrected chi connectivity index (χ1v) is 10.6. The van der Waals surface area contributed by atoms with Crippen molar-refractivity contribution in [2.45, 2.75) is 78.2 Å². The lowest BCUT2D eigenvalue weighted by Gasteiger charge is -2.58. The first-order valence-electron chi connectivity index (χ1n) is 10.6. The quantitative estimate of drug-likeness (QED) is 0.478. The Morgan fingerprint density at radius 3 is 2.72 bits per heavy atom. The monoisotopic (exact) mass is 340 g/mol. The van der Waals surface area contributed by atoms with Crippen molar-refractivity contribution in [3.05, 3.63) is 36.0 Å². The zero-order valence-electron chi connectivity index (χ0n) is 16.4. The van der Waals surface area contributed by atoms with E-state index in [4.69, 9.17) is 0 Å². The molecule has 0 amide bonds. The molecule has 4 aliphatic carbocycles. The number of aliphatic hydroxyl groups is 1. The van der Waals surface area contributed by atoms with Crippen LogP contribution in [0.2, 0.25) is 0 Å². The third-order valence-corrected chi connectivity index (χ3v) is 9.01. The molecule has 7 atom stereocenters. The van der Waals surface area contributed by atoms with E-state index in [1.807, 2.05) is 6.08 Å². The molecule has 0 aromatic rings. The van der Waals surface area contributed by atoms with E-state index >= 15 is 0 Å². The zero-order valence-corrected chi connectivity index (χ0v) is 16.4. The maximum absolute atomic E-state index is 10.1. The van der Waals surface area contributed by atoms with E-state index in [1.165, 1.54) is 38.5 Å². The smallest absolute Gasteiger partial charge is 0.0577 e. The maximum atomic E-state index is 10.1. The number of allylic oxidation sites excluding steroid dienone is 4. The topological polar surface area (TPSA) is 20.2 Å². The lowest BCUT2D eigenvalue weighted by atomic mass is 9.47. The van der Waals surface area contributed by atoms with Crippen LogP contribution in [0.4, 0.5) is 0 Å². The largest absolute Gasteiger partial charge is 0.393 e. The maximum Gasteiger partial charge on any atom is 0.0577 e. The Morgan fingerprint density at radius 1 is 1.16 bits per heavy atom. The summed E-state index contributed by atoms with van der Waals surface area (Å²) >= 11 is 0. The van der Waals surface area contributed by atoms with Crippen LogP contribution in [-0.2, 0) is 0 Å². The first-order chi connectivity index (χ1) is 11.9. The van der Waals surface area contributed by atoms with Gasteiger partial charge in [-0.05, 0) is 92.8 Å². The van der Waals surface area contributed by atoms with Gasteiger partial charge in [-0.15, -0.1) is 0 Å². The molecule has 0 spiro atoms. The zero-order chi connectivity index (χ0) is 17.8. The first kappa shape index (κ1) is 17.6. The minimum absolute atomic E-state index is 0.0905. The Kier molecular flexibility index (Phi) is 4.30. The number of aliphatic hydroxyl groups excluding tert-OH is 1. The Bertz CT molecular complexity index is 614. The third kappa shape index (κ3) is 2.52. The summed E-state index contributed by atoms with van der Waals surface area (Å²) in [5, 5.41) is 10.1. The van der Waals surface area contributed by atoms with Crippen LogP contribution in [0.3, 0.4) is 0 Å². The molecule has 0 heterocycles. The van der Waals surface area contributed by atoms with Crippen molar-refractivity contribution in [3.8, 4) is 0 Å². The van der Waals surface area contributed by atoms with Crippen LogP contribution in [0.15, 0.2) is 36.0 Å². The minimum atomic E-state index is -0.0905. The summed E-state index contributed by atoms with van der Waals surface area (Å²) in [6, 6.07) is 0. The van der Waals surface area contributed by atoms with Crippen LogP contribution in [0.1, 0.15) is 72.1 Å². The molecule has 1 heteroatoms. The average molecular weight is 341 g/mol. The van der Waals surface area contributed by atoms with Gasteiger partial charge in [-0.25, -0.2) is 0 Å². The average Bonchev–Trinajstić information content (AvgIpc) is 2.93. The normalized spacial score (nSPS) is 49.7. The molecule has 25 heavy (non-hydrogen) atoms. The van der Waals surface area contributed by atoms with Crippen molar-refractivity contribution in [3.63, 3.8) is 0 Å². The van der Waals surface area contributed by atoms with Crippen LogP contribution >= 0.6 is 0 Å². The van der Waals surface area contributed by atoms with Gasteiger partial charge in [0.05, 0.1) is 6.10 Å². The van der Waals surface area contributed by atoms with Crippen LogP contribution in [0.5, 0.6) is 0 Å². The molecule has 0 radical (unpaired) electrons. The highest BCUT2D eigenvalue weighted by molar-refractivity contribution is 5.27. The molecular formula is C24H36O. The summed E-state index contributed by atoms with van der Waals surface area (Å²) in [6.07, 6.45) is 16.6. The summed E-state index contributed by atoms with van der Waals surface area (Å²) in [6.45, 7) is 11.4. The van der Waals surface area contributed by atoms with Gasteiger partial charge in [0.25, 0.3) is 0 Å². The van der Waals surface area contributed by atoms with Crippen molar-refractivity contribution < 1.29 is 5.11 Å². The summed E-state index contributed by atoms with van der Waals surface area (Å²) in [5.41, 5.74) is 4.00. The van der Waals surface area contributed by atoms with Gasteiger partial charge in [-0.3, -0.25) is 0 Å². The second-order valence-corrected chi connectivity index (χ2v) is 9.98. The molecule has 0 aromatic carbocycles. The summed E-state index contributed by atoms with van der Waals surface area (Å²) in [4.78, 5) is 0. The Hall–Kier alpha value is -0.820. The molecule has 3 fully saturated rings. The van der Waals surface area contributed by atoms with Gasteiger partial charge < -0.3 is 5.11 Å². The predicted molar refractivity (Wildman–Crippen MR) is 105 cm³/mol. The number of fused-ring (bicyclic) bond motifs is 5. The minimum Gasteiger partial charge on any atom is -0.393 e. The fourth-order valence-electron chi connectivity index (χ4n) is 7.69. The highest BCUT2D eigenvalue weighted by Crippen LogP contribution is 2.67. The van der Waals surface area contributed by atoms with Gasteiger partial charge in [-0.1, -0.05) is 49.8 Å². The fourth-order valence-corrected chi connectivity index (χ4v) is 7.69. The van der Waals surface area contributed by atoms with Crippen molar-refractivity contribution in [2.24, 2.45) is 34.5 Å². The molecule has 1 nitrogen and oxygen atoms in total. The van der Waals surface area contributed by atoms with Gasteiger partial charge >= 0.3 is 0 Å². The molecule has 1 N–H and O–H groups in total. The Labute approximate surface area is 154 Å². The van der Waals surface area contributed by atoms with Crippen molar-refractivity contribution in [2.75, 3.05) is 0 Å². The lowest BCUT2D eigenvalue weighted by molar-refractivity contribution is -0.0454. The fraction of sp³-hybridized carbons (Fsp3) is 0.750. The second-order valence-electron chi connectivity index (χ2n) is 9.98. The summed E-state index contributed by atoms with van der Waals surface area (Å²) in [5.74, 6) is 3.35. The molecule has 4 rings (SSSR count). The molecule has 138 valence electrons. The van der Waals surface area contributed by atoms with Crippen LogP contribution in [0.25, 0.3) is 0 Å². The van der Waals surface area contributed by atoms with E-state index in [0.717, 1.165) is 36.5 Å². The van der Waals surface area contributed by atoms with Crippen molar-refractivity contribution in [1.82, 2.24) is 0 Å². The highest BCUT2D eigenvalue weighted by atomic mass is 16.3. The van der Waals surface area contributed by atoms with E-state index in [2.05, 4.69) is 39.5 Å². The summed E-state index contributed by atoms with van der Waals surface area (Å²) in [7, 11) is 0. The molecule has 3 unspecified atom stereocenters. The van der Waals surface area contributed by atoms with Gasteiger partial charge in [0.1, 0.15) is 0 Å². The van der Waals surface area contributed by atoms with Crippen molar-refractivity contribution >= 4 is 0 Å². The molecule has 3 saturated carbocycles. The third-order valence-electron chi connectivity index (χ3n) is 9.01. The van der Waals surface area contributed by atoms with E-state index in [9.17, 15) is 5.11 Å². The van der Waals surface area contributed by atoms with E-state index < -0.39 is 0 Å². The molecule has 0 bridgehead atoms. The molecule has 0 saturated heterocycles. The standard InChI is InChI=1S/C24H36O/c1-5-6-16(2)20-9-10-21-19-8-7-17-15-18(25)11-13-23(17,3)22(19)12-14-24(20,21)4/h5-7,18-22,25H,1,8-15H2,2-4H3/t18-,19?,20+,21?,22?,23-,24+/m0/s1. The van der Waals surface area contributed by atoms with E-state index in [0.29, 0.717) is 10.8 Å². The molecule has 4 aliphatic rings. The number of rotatable bonds is 2.